The third-order valence-electron chi connectivity index (χ3n) is 2.60. The van der Waals surface area contributed by atoms with Crippen molar-refractivity contribution < 1.29 is 0 Å². The van der Waals surface area contributed by atoms with Gasteiger partial charge in [-0.2, -0.15) is 0 Å². The molecule has 0 unspecified atom stereocenters. The van der Waals surface area contributed by atoms with Crippen LogP contribution in [0.1, 0.15) is 24.7 Å². The lowest BCUT2D eigenvalue weighted by Crippen LogP contribution is -2.01. The molecule has 0 saturated carbocycles. The first kappa shape index (κ1) is 14.3. The maximum Gasteiger partial charge on any atom is 0.135 e. The van der Waals surface area contributed by atoms with Gasteiger partial charge in [0.05, 0.1) is 10.7 Å². The van der Waals surface area contributed by atoms with Gasteiger partial charge in [-0.25, -0.2) is 9.97 Å². The lowest BCUT2D eigenvalue weighted by Gasteiger charge is -2.10. The average molecular weight is 341 g/mol. The fraction of sp³-hybridized carbons (Fsp3) is 0.286. The Labute approximate surface area is 126 Å². The summed E-state index contributed by atoms with van der Waals surface area (Å²) in [7, 11) is 0. The molecule has 2 aromatic rings. The Bertz CT molecular complexity index is 587. The van der Waals surface area contributed by atoms with E-state index in [9.17, 15) is 0 Å². The second-order valence-corrected chi connectivity index (χ2v) is 5.57. The van der Waals surface area contributed by atoms with Crippen LogP contribution < -0.4 is 5.32 Å². The van der Waals surface area contributed by atoms with Crippen molar-refractivity contribution in [2.45, 2.75) is 26.7 Å². The number of anilines is 2. The predicted molar refractivity (Wildman–Crippen MR) is 83.2 cm³/mol. The first-order chi connectivity index (χ1) is 9.08. The van der Waals surface area contributed by atoms with E-state index < -0.39 is 0 Å². The highest BCUT2D eigenvalue weighted by Gasteiger charge is 2.05. The number of aromatic nitrogens is 2. The van der Waals surface area contributed by atoms with E-state index in [-0.39, 0.29) is 0 Å². The molecule has 0 atom stereocenters. The van der Waals surface area contributed by atoms with Gasteiger partial charge in [-0.1, -0.05) is 24.6 Å². The number of benzene rings is 1. The molecule has 2 rings (SSSR count). The van der Waals surface area contributed by atoms with E-state index in [0.29, 0.717) is 5.02 Å². The number of aryl methyl sites for hydroxylation is 2. The highest BCUT2D eigenvalue weighted by molar-refractivity contribution is 9.10. The Balaban J connectivity index is 2.29. The molecule has 0 amide bonds. The van der Waals surface area contributed by atoms with Gasteiger partial charge in [-0.15, -0.1) is 0 Å². The van der Waals surface area contributed by atoms with E-state index in [0.717, 1.165) is 40.3 Å². The average Bonchev–Trinajstić information content (AvgIpc) is 2.33. The van der Waals surface area contributed by atoms with Crippen LogP contribution in [0.25, 0.3) is 0 Å². The second-order valence-electron chi connectivity index (χ2n) is 4.35. The minimum absolute atomic E-state index is 0.678. The molecule has 0 aliphatic rings. The van der Waals surface area contributed by atoms with Gasteiger partial charge in [0.2, 0.25) is 0 Å². The molecule has 1 heterocycles. The van der Waals surface area contributed by atoms with Crippen molar-refractivity contribution in [3.05, 3.63) is 45.3 Å². The molecule has 3 nitrogen and oxygen atoms in total. The zero-order valence-electron chi connectivity index (χ0n) is 10.9. The summed E-state index contributed by atoms with van der Waals surface area (Å²) in [5, 5.41) is 3.92. The molecule has 1 aromatic heterocycles. The number of hydrogen-bond acceptors (Lipinski definition) is 3. The minimum Gasteiger partial charge on any atom is -0.339 e. The number of nitrogens with one attached hydrogen (secondary N) is 1. The van der Waals surface area contributed by atoms with Gasteiger partial charge in [-0.05, 0) is 47.0 Å². The van der Waals surface area contributed by atoms with Crippen molar-refractivity contribution in [2.75, 3.05) is 5.32 Å². The molecule has 1 N–H and O–H groups in total. The zero-order chi connectivity index (χ0) is 13.8. The highest BCUT2D eigenvalue weighted by Crippen LogP contribution is 2.26. The van der Waals surface area contributed by atoms with Gasteiger partial charge >= 0.3 is 0 Å². The molecule has 0 spiro atoms. The van der Waals surface area contributed by atoms with Gasteiger partial charge in [-0.3, -0.25) is 0 Å². The maximum atomic E-state index is 6.17. The van der Waals surface area contributed by atoms with Crippen molar-refractivity contribution >= 4 is 39.0 Å². The molecule has 0 radical (unpaired) electrons. The van der Waals surface area contributed by atoms with E-state index in [1.165, 1.54) is 0 Å². The number of hydrogen-bond donors (Lipinski definition) is 1. The lowest BCUT2D eigenvalue weighted by molar-refractivity contribution is 0.831. The predicted octanol–water partition coefficient (Wildman–Crippen LogP) is 4.90. The Hall–Kier alpha value is -1.13. The van der Waals surface area contributed by atoms with Gasteiger partial charge in [0, 0.05) is 12.5 Å². The van der Waals surface area contributed by atoms with E-state index in [1.807, 2.05) is 31.2 Å². The summed E-state index contributed by atoms with van der Waals surface area (Å²) in [5.41, 5.74) is 2.00. The molecule has 0 fully saturated rings. The van der Waals surface area contributed by atoms with E-state index in [1.54, 1.807) is 0 Å². The van der Waals surface area contributed by atoms with Crippen LogP contribution in [0.3, 0.4) is 0 Å². The van der Waals surface area contributed by atoms with Crippen molar-refractivity contribution in [3.8, 4) is 0 Å². The minimum atomic E-state index is 0.678. The van der Waals surface area contributed by atoms with Crippen molar-refractivity contribution in [3.63, 3.8) is 0 Å². The quantitative estimate of drug-likeness (QED) is 0.805. The highest BCUT2D eigenvalue weighted by atomic mass is 79.9. The van der Waals surface area contributed by atoms with Crippen molar-refractivity contribution in [1.29, 1.82) is 0 Å². The second kappa shape index (κ2) is 6.35. The topological polar surface area (TPSA) is 37.8 Å². The molecular formula is C14H15BrClN3. The smallest absolute Gasteiger partial charge is 0.135 e. The number of nitrogens with zero attached hydrogens (tertiary/aromatic N) is 2. The largest absolute Gasteiger partial charge is 0.339 e. The van der Waals surface area contributed by atoms with Crippen molar-refractivity contribution in [2.24, 2.45) is 0 Å². The van der Waals surface area contributed by atoms with E-state index >= 15 is 0 Å². The summed E-state index contributed by atoms with van der Waals surface area (Å²) < 4.78 is 0.775. The van der Waals surface area contributed by atoms with Crippen LogP contribution >= 0.6 is 27.5 Å². The number of rotatable bonds is 4. The summed E-state index contributed by atoms with van der Waals surface area (Å²) in [4.78, 5) is 8.82. The SMILES string of the molecule is CCCc1nc(Br)cc(Nc2cc(C)ccc2Cl)n1. The molecule has 100 valence electrons. The third-order valence-corrected chi connectivity index (χ3v) is 3.34. The maximum absolute atomic E-state index is 6.17. The molecule has 0 bridgehead atoms. The van der Waals surface area contributed by atoms with Crippen LogP contribution in [0.4, 0.5) is 11.5 Å². The summed E-state index contributed by atoms with van der Waals surface area (Å²) in [6.07, 6.45) is 1.87. The Morgan fingerprint density at radius 2 is 2.05 bits per heavy atom. The molecule has 0 saturated heterocycles. The van der Waals surface area contributed by atoms with Gasteiger partial charge in [0.1, 0.15) is 16.2 Å². The summed E-state index contributed by atoms with van der Waals surface area (Å²) in [5.74, 6) is 1.57. The van der Waals surface area contributed by atoms with Crippen LogP contribution in [-0.4, -0.2) is 9.97 Å². The fourth-order valence-electron chi connectivity index (χ4n) is 1.74. The van der Waals surface area contributed by atoms with E-state index in [4.69, 9.17) is 11.6 Å². The van der Waals surface area contributed by atoms with Crippen LogP contribution in [-0.2, 0) is 6.42 Å². The summed E-state index contributed by atoms with van der Waals surface area (Å²) in [6.45, 7) is 4.13. The van der Waals surface area contributed by atoms with Crippen LogP contribution in [0, 0.1) is 6.92 Å². The first-order valence-electron chi connectivity index (χ1n) is 6.15. The van der Waals surface area contributed by atoms with Crippen LogP contribution in [0.2, 0.25) is 5.02 Å². The molecule has 0 aliphatic heterocycles. The first-order valence-corrected chi connectivity index (χ1v) is 7.32. The fourth-order valence-corrected chi connectivity index (χ4v) is 2.32. The van der Waals surface area contributed by atoms with Gasteiger partial charge < -0.3 is 5.32 Å². The Kier molecular flexibility index (Phi) is 4.77. The van der Waals surface area contributed by atoms with E-state index in [2.05, 4.69) is 38.1 Å². The summed E-state index contributed by atoms with van der Waals surface area (Å²) in [6, 6.07) is 7.70. The molecule has 1 aromatic carbocycles. The van der Waals surface area contributed by atoms with Crippen molar-refractivity contribution in [1.82, 2.24) is 9.97 Å². The molecule has 5 heteroatoms. The Morgan fingerprint density at radius 3 is 2.79 bits per heavy atom. The van der Waals surface area contributed by atoms with Crippen LogP contribution in [0.15, 0.2) is 28.9 Å². The number of halogens is 2. The van der Waals surface area contributed by atoms with Crippen LogP contribution in [0.5, 0.6) is 0 Å². The summed E-state index contributed by atoms with van der Waals surface area (Å²) >= 11 is 9.57. The molecule has 0 aliphatic carbocycles. The van der Waals surface area contributed by atoms with Gasteiger partial charge in [0.25, 0.3) is 0 Å². The zero-order valence-corrected chi connectivity index (χ0v) is 13.2. The normalized spacial score (nSPS) is 10.5. The standard InChI is InChI=1S/C14H15BrClN3/c1-3-4-13-18-12(15)8-14(19-13)17-11-7-9(2)5-6-10(11)16/h5-8H,3-4H2,1-2H3,(H,17,18,19). The third kappa shape index (κ3) is 3.91. The molecular weight excluding hydrogens is 326 g/mol. The monoisotopic (exact) mass is 339 g/mol. The lowest BCUT2D eigenvalue weighted by atomic mass is 10.2. The Morgan fingerprint density at radius 1 is 1.26 bits per heavy atom. The molecule has 19 heavy (non-hydrogen) atoms. The van der Waals surface area contributed by atoms with Gasteiger partial charge in [0.15, 0.2) is 0 Å².